The third-order valence-corrected chi connectivity index (χ3v) is 2.89. The minimum atomic E-state index is 0.466. The van der Waals surface area contributed by atoms with Crippen LogP contribution in [0.4, 0.5) is 0 Å². The van der Waals surface area contributed by atoms with Gasteiger partial charge in [-0.15, -0.1) is 0 Å². The van der Waals surface area contributed by atoms with Gasteiger partial charge in [-0.05, 0) is 5.92 Å². The number of hydrogen-bond donors (Lipinski definition) is 2. The van der Waals surface area contributed by atoms with Crippen molar-refractivity contribution < 1.29 is 0 Å². The average molecular weight is 247 g/mol. The van der Waals surface area contributed by atoms with Gasteiger partial charge in [0.1, 0.15) is 5.82 Å². The van der Waals surface area contributed by atoms with Crippen molar-refractivity contribution in [2.75, 3.05) is 6.54 Å². The van der Waals surface area contributed by atoms with E-state index in [-0.39, 0.29) is 0 Å². The number of hydrogen-bond acceptors (Lipinski definition) is 3. The molecule has 5 nitrogen and oxygen atoms in total. The maximum absolute atomic E-state index is 4.50. The van der Waals surface area contributed by atoms with Crippen molar-refractivity contribution in [3.63, 3.8) is 0 Å². The second kappa shape index (κ2) is 5.82. The first kappa shape index (κ1) is 12.8. The van der Waals surface area contributed by atoms with Crippen LogP contribution in [0.2, 0.25) is 0 Å². The van der Waals surface area contributed by atoms with Crippen LogP contribution >= 0.6 is 0 Å². The summed E-state index contributed by atoms with van der Waals surface area (Å²) in [5, 5.41) is 7.93. The zero-order chi connectivity index (χ0) is 13.0. The Labute approximate surface area is 108 Å². The second-order valence-corrected chi connectivity index (χ2v) is 4.83. The van der Waals surface area contributed by atoms with Crippen molar-refractivity contribution >= 4 is 0 Å². The van der Waals surface area contributed by atoms with E-state index in [4.69, 9.17) is 0 Å². The number of H-pyrrole nitrogens is 1. The van der Waals surface area contributed by atoms with E-state index in [0.29, 0.717) is 5.92 Å². The molecule has 0 saturated carbocycles. The minimum Gasteiger partial charge on any atom is -0.349 e. The summed E-state index contributed by atoms with van der Waals surface area (Å²) in [7, 11) is 1.97. The van der Waals surface area contributed by atoms with E-state index in [1.807, 2.05) is 17.9 Å². The van der Waals surface area contributed by atoms with Gasteiger partial charge in [0.05, 0.1) is 5.69 Å². The number of nitrogens with zero attached hydrogens (tertiary/aromatic N) is 3. The third kappa shape index (κ3) is 3.20. The van der Waals surface area contributed by atoms with Gasteiger partial charge < -0.3 is 10.3 Å². The van der Waals surface area contributed by atoms with Crippen molar-refractivity contribution in [1.29, 1.82) is 0 Å². The quantitative estimate of drug-likeness (QED) is 0.762. The highest BCUT2D eigenvalue weighted by molar-refractivity contribution is 5.19. The van der Waals surface area contributed by atoms with E-state index in [9.17, 15) is 0 Å². The standard InChI is InChI=1S/C13H21N5/c1-10(2)13-11(9-18(3)17-13)8-14-5-4-12-15-6-7-16-12/h6-7,9-10,14H,4-5,8H2,1-3H3,(H,15,16). The van der Waals surface area contributed by atoms with Crippen LogP contribution in [0.25, 0.3) is 0 Å². The van der Waals surface area contributed by atoms with Crippen LogP contribution in [0.5, 0.6) is 0 Å². The molecule has 18 heavy (non-hydrogen) atoms. The number of rotatable bonds is 6. The average Bonchev–Trinajstić information content (AvgIpc) is 2.93. The minimum absolute atomic E-state index is 0.466. The molecule has 0 aliphatic carbocycles. The highest BCUT2D eigenvalue weighted by Gasteiger charge is 2.10. The zero-order valence-corrected chi connectivity index (χ0v) is 11.3. The Morgan fingerprint density at radius 2 is 2.28 bits per heavy atom. The Balaban J connectivity index is 1.83. The van der Waals surface area contributed by atoms with E-state index in [0.717, 1.165) is 25.3 Å². The summed E-state index contributed by atoms with van der Waals surface area (Å²) in [5.41, 5.74) is 2.47. The van der Waals surface area contributed by atoms with E-state index >= 15 is 0 Å². The van der Waals surface area contributed by atoms with Crippen LogP contribution in [0.1, 0.15) is 36.8 Å². The summed E-state index contributed by atoms with van der Waals surface area (Å²) < 4.78 is 1.89. The number of aromatic nitrogens is 4. The van der Waals surface area contributed by atoms with Crippen LogP contribution in [-0.4, -0.2) is 26.3 Å². The van der Waals surface area contributed by atoms with Crippen molar-refractivity contribution in [1.82, 2.24) is 25.1 Å². The van der Waals surface area contributed by atoms with Crippen molar-refractivity contribution in [2.24, 2.45) is 7.05 Å². The summed E-state index contributed by atoms with van der Waals surface area (Å²) in [4.78, 5) is 7.30. The lowest BCUT2D eigenvalue weighted by atomic mass is 10.1. The molecule has 0 spiro atoms. The molecule has 0 aromatic carbocycles. The first-order valence-electron chi connectivity index (χ1n) is 6.38. The van der Waals surface area contributed by atoms with Gasteiger partial charge in [0, 0.05) is 50.7 Å². The van der Waals surface area contributed by atoms with Gasteiger partial charge in [0.15, 0.2) is 0 Å². The topological polar surface area (TPSA) is 58.5 Å². The fourth-order valence-corrected chi connectivity index (χ4v) is 2.04. The molecule has 2 aromatic rings. The highest BCUT2D eigenvalue weighted by Crippen LogP contribution is 2.16. The van der Waals surface area contributed by atoms with Gasteiger partial charge in [-0.25, -0.2) is 4.98 Å². The Kier molecular flexibility index (Phi) is 4.15. The largest absolute Gasteiger partial charge is 0.349 e. The summed E-state index contributed by atoms with van der Waals surface area (Å²) in [5.74, 6) is 1.49. The van der Waals surface area contributed by atoms with Crippen LogP contribution in [0.3, 0.4) is 0 Å². The Bertz CT molecular complexity index is 470. The fraction of sp³-hybridized carbons (Fsp3) is 0.538. The smallest absolute Gasteiger partial charge is 0.107 e. The lowest BCUT2D eigenvalue weighted by Gasteiger charge is -2.06. The van der Waals surface area contributed by atoms with Gasteiger partial charge in [0.2, 0.25) is 0 Å². The van der Waals surface area contributed by atoms with E-state index in [2.05, 4.69) is 40.4 Å². The van der Waals surface area contributed by atoms with Crippen molar-refractivity contribution in [3.05, 3.63) is 35.7 Å². The van der Waals surface area contributed by atoms with Crippen LogP contribution in [-0.2, 0) is 20.0 Å². The predicted octanol–water partition coefficient (Wildman–Crippen LogP) is 1.60. The first-order chi connectivity index (χ1) is 8.66. The molecule has 0 aliphatic rings. The van der Waals surface area contributed by atoms with Gasteiger partial charge >= 0.3 is 0 Å². The summed E-state index contributed by atoms with van der Waals surface area (Å²) in [6, 6.07) is 0. The third-order valence-electron chi connectivity index (χ3n) is 2.89. The van der Waals surface area contributed by atoms with E-state index in [1.165, 1.54) is 11.3 Å². The number of nitrogens with one attached hydrogen (secondary N) is 2. The van der Waals surface area contributed by atoms with Gasteiger partial charge in [0.25, 0.3) is 0 Å². The molecule has 0 aliphatic heterocycles. The highest BCUT2D eigenvalue weighted by atomic mass is 15.3. The van der Waals surface area contributed by atoms with E-state index < -0.39 is 0 Å². The normalized spacial score (nSPS) is 11.3. The lowest BCUT2D eigenvalue weighted by Crippen LogP contribution is -2.17. The lowest BCUT2D eigenvalue weighted by molar-refractivity contribution is 0.663. The molecular formula is C13H21N5. The molecule has 2 heterocycles. The Hall–Kier alpha value is -1.62. The molecule has 0 amide bonds. The number of imidazole rings is 1. The van der Waals surface area contributed by atoms with E-state index in [1.54, 1.807) is 6.20 Å². The molecule has 2 rings (SSSR count). The van der Waals surface area contributed by atoms with Gasteiger partial charge in [-0.3, -0.25) is 4.68 Å². The van der Waals surface area contributed by atoms with Crippen molar-refractivity contribution in [3.8, 4) is 0 Å². The van der Waals surface area contributed by atoms with Crippen LogP contribution in [0, 0.1) is 0 Å². The predicted molar refractivity (Wildman–Crippen MR) is 71.3 cm³/mol. The Morgan fingerprint density at radius 1 is 1.44 bits per heavy atom. The van der Waals surface area contributed by atoms with Crippen LogP contribution < -0.4 is 5.32 Å². The zero-order valence-electron chi connectivity index (χ0n) is 11.3. The Morgan fingerprint density at radius 3 is 2.94 bits per heavy atom. The fourth-order valence-electron chi connectivity index (χ4n) is 2.04. The summed E-state index contributed by atoms with van der Waals surface area (Å²) in [6.45, 7) is 6.13. The maximum atomic E-state index is 4.50. The molecule has 98 valence electrons. The molecule has 5 heteroatoms. The molecule has 2 N–H and O–H groups in total. The molecule has 0 saturated heterocycles. The van der Waals surface area contributed by atoms with Crippen LogP contribution in [0.15, 0.2) is 18.6 Å². The molecule has 2 aromatic heterocycles. The number of aromatic amines is 1. The molecule has 0 unspecified atom stereocenters. The molecule has 0 radical (unpaired) electrons. The molecule has 0 atom stereocenters. The maximum Gasteiger partial charge on any atom is 0.107 e. The molecule has 0 fully saturated rings. The van der Waals surface area contributed by atoms with Gasteiger partial charge in [-0.1, -0.05) is 13.8 Å². The summed E-state index contributed by atoms with van der Waals surface area (Å²) >= 11 is 0. The first-order valence-corrected chi connectivity index (χ1v) is 6.38. The molecule has 0 bridgehead atoms. The number of aryl methyl sites for hydroxylation is 1. The van der Waals surface area contributed by atoms with Crippen molar-refractivity contribution in [2.45, 2.75) is 32.7 Å². The monoisotopic (exact) mass is 247 g/mol. The second-order valence-electron chi connectivity index (χ2n) is 4.83. The summed E-state index contributed by atoms with van der Waals surface area (Å²) in [6.07, 6.45) is 6.65. The molecular weight excluding hydrogens is 226 g/mol. The SMILES string of the molecule is CC(C)c1nn(C)cc1CNCCc1ncc[nH]1. The van der Waals surface area contributed by atoms with Gasteiger partial charge in [-0.2, -0.15) is 5.10 Å².